The van der Waals surface area contributed by atoms with Gasteiger partial charge in [-0.3, -0.25) is 14.5 Å². The van der Waals surface area contributed by atoms with Crippen LogP contribution in [0.1, 0.15) is 20.7 Å². The van der Waals surface area contributed by atoms with E-state index in [1.54, 1.807) is 37.3 Å². The van der Waals surface area contributed by atoms with Gasteiger partial charge in [0.1, 0.15) is 17.3 Å². The Bertz CT molecular complexity index is 824. The normalized spacial score (nSPS) is 14.6. The minimum atomic E-state index is -0.363. The summed E-state index contributed by atoms with van der Waals surface area (Å²) in [6.07, 6.45) is 0. The SMILES string of the molecule is COc1cc(OC)cc(C(=O)N2CCN(CC(=O)c3ccc(F)cc3)CC2)c1. The van der Waals surface area contributed by atoms with E-state index in [1.165, 1.54) is 24.3 Å². The molecule has 28 heavy (non-hydrogen) atoms. The predicted molar refractivity (Wildman–Crippen MR) is 103 cm³/mol. The van der Waals surface area contributed by atoms with Crippen LogP contribution in [0.15, 0.2) is 42.5 Å². The number of ether oxygens (including phenoxy) is 2. The number of amides is 1. The van der Waals surface area contributed by atoms with Crippen molar-refractivity contribution in [2.75, 3.05) is 46.9 Å². The molecule has 2 aromatic carbocycles. The second-order valence-electron chi connectivity index (χ2n) is 6.60. The number of rotatable bonds is 6. The molecule has 6 nitrogen and oxygen atoms in total. The Hall–Kier alpha value is -2.93. The molecule has 0 saturated carbocycles. The lowest BCUT2D eigenvalue weighted by Crippen LogP contribution is -2.49. The first kappa shape index (κ1) is 19.8. The van der Waals surface area contributed by atoms with Crippen LogP contribution in [0.4, 0.5) is 4.39 Å². The summed E-state index contributed by atoms with van der Waals surface area (Å²) in [5, 5.41) is 0. The summed E-state index contributed by atoms with van der Waals surface area (Å²) < 4.78 is 23.4. The lowest BCUT2D eigenvalue weighted by Gasteiger charge is -2.34. The molecule has 0 bridgehead atoms. The molecule has 7 heteroatoms. The molecule has 1 fully saturated rings. The van der Waals surface area contributed by atoms with Crippen LogP contribution in [0.5, 0.6) is 11.5 Å². The number of halogens is 1. The number of carbonyl (C=O) groups is 2. The maximum absolute atomic E-state index is 13.0. The van der Waals surface area contributed by atoms with Crippen molar-refractivity contribution in [1.29, 1.82) is 0 Å². The maximum atomic E-state index is 13.0. The van der Waals surface area contributed by atoms with E-state index in [0.29, 0.717) is 48.8 Å². The summed E-state index contributed by atoms with van der Waals surface area (Å²) in [7, 11) is 3.08. The summed E-state index contributed by atoms with van der Waals surface area (Å²) in [5.41, 5.74) is 0.996. The van der Waals surface area contributed by atoms with Crippen LogP contribution in [0.2, 0.25) is 0 Å². The van der Waals surface area contributed by atoms with Crippen LogP contribution < -0.4 is 9.47 Å². The predicted octanol–water partition coefficient (Wildman–Crippen LogP) is 2.48. The van der Waals surface area contributed by atoms with E-state index < -0.39 is 0 Å². The fourth-order valence-electron chi connectivity index (χ4n) is 3.15. The van der Waals surface area contributed by atoms with Crippen molar-refractivity contribution in [3.05, 3.63) is 59.4 Å². The molecule has 1 aliphatic rings. The topological polar surface area (TPSA) is 59.1 Å². The molecule has 1 amide bonds. The summed E-state index contributed by atoms with van der Waals surface area (Å²) in [6, 6.07) is 10.7. The molecule has 1 heterocycles. The standard InChI is InChI=1S/C21H23FN2O4/c1-27-18-11-16(12-19(13-18)28-2)21(26)24-9-7-23(8-10-24)14-20(25)15-3-5-17(22)6-4-15/h3-6,11-13H,7-10,14H2,1-2H3. The van der Waals surface area contributed by atoms with Crippen LogP contribution in [0.3, 0.4) is 0 Å². The Kier molecular flexibility index (Phi) is 6.26. The average Bonchev–Trinajstić information content (AvgIpc) is 2.73. The lowest BCUT2D eigenvalue weighted by molar-refractivity contribution is 0.0623. The van der Waals surface area contributed by atoms with Crippen molar-refractivity contribution < 1.29 is 23.5 Å². The van der Waals surface area contributed by atoms with Gasteiger partial charge in [0.15, 0.2) is 5.78 Å². The molecule has 0 atom stereocenters. The summed E-state index contributed by atoms with van der Waals surface area (Å²) >= 11 is 0. The largest absolute Gasteiger partial charge is 0.497 e. The third-order valence-corrected chi connectivity index (χ3v) is 4.79. The van der Waals surface area contributed by atoms with Crippen LogP contribution in [0, 0.1) is 5.82 Å². The van der Waals surface area contributed by atoms with Crippen molar-refractivity contribution in [3.8, 4) is 11.5 Å². The summed E-state index contributed by atoms with van der Waals surface area (Å²) in [6.45, 7) is 2.49. The van der Waals surface area contributed by atoms with Crippen molar-refractivity contribution >= 4 is 11.7 Å². The zero-order valence-electron chi connectivity index (χ0n) is 16.0. The van der Waals surface area contributed by atoms with Crippen LogP contribution in [-0.2, 0) is 0 Å². The summed E-state index contributed by atoms with van der Waals surface area (Å²) in [4.78, 5) is 28.9. The number of piperazine rings is 1. The zero-order chi connectivity index (χ0) is 20.1. The van der Waals surface area contributed by atoms with Gasteiger partial charge in [0, 0.05) is 43.4 Å². The lowest BCUT2D eigenvalue weighted by atomic mass is 10.1. The molecule has 3 rings (SSSR count). The van der Waals surface area contributed by atoms with Gasteiger partial charge in [-0.25, -0.2) is 4.39 Å². The number of ketones is 1. The van der Waals surface area contributed by atoms with Crippen LogP contribution in [0.25, 0.3) is 0 Å². The Balaban J connectivity index is 1.58. The van der Waals surface area contributed by atoms with E-state index in [-0.39, 0.29) is 24.1 Å². The highest BCUT2D eigenvalue weighted by Crippen LogP contribution is 2.23. The number of benzene rings is 2. The third kappa shape index (κ3) is 4.67. The van der Waals surface area contributed by atoms with Gasteiger partial charge in [0.05, 0.1) is 20.8 Å². The first-order chi connectivity index (χ1) is 13.5. The Morgan fingerprint density at radius 2 is 1.46 bits per heavy atom. The molecule has 148 valence electrons. The zero-order valence-corrected chi connectivity index (χ0v) is 16.0. The van der Waals surface area contributed by atoms with Crippen LogP contribution >= 0.6 is 0 Å². The quantitative estimate of drug-likeness (QED) is 0.714. The fraction of sp³-hybridized carbons (Fsp3) is 0.333. The van der Waals surface area contributed by atoms with Crippen molar-refractivity contribution in [2.24, 2.45) is 0 Å². The Morgan fingerprint density at radius 3 is 2.00 bits per heavy atom. The molecule has 0 N–H and O–H groups in total. The van der Waals surface area contributed by atoms with Gasteiger partial charge in [-0.05, 0) is 36.4 Å². The van der Waals surface area contributed by atoms with Crippen LogP contribution in [-0.4, -0.2) is 68.4 Å². The highest BCUT2D eigenvalue weighted by Gasteiger charge is 2.24. The number of hydrogen-bond acceptors (Lipinski definition) is 5. The van der Waals surface area contributed by atoms with Crippen molar-refractivity contribution in [2.45, 2.75) is 0 Å². The highest BCUT2D eigenvalue weighted by atomic mass is 19.1. The Labute approximate surface area is 163 Å². The first-order valence-corrected chi connectivity index (χ1v) is 9.03. The summed E-state index contributed by atoms with van der Waals surface area (Å²) in [5.74, 6) is 0.606. The monoisotopic (exact) mass is 386 g/mol. The number of hydrogen-bond donors (Lipinski definition) is 0. The molecule has 0 radical (unpaired) electrons. The van der Waals surface area contributed by atoms with Gasteiger partial charge in [-0.15, -0.1) is 0 Å². The number of Topliss-reactive ketones (excluding diaryl/α,β-unsaturated/α-hetero) is 1. The van der Waals surface area contributed by atoms with Crippen molar-refractivity contribution in [3.63, 3.8) is 0 Å². The first-order valence-electron chi connectivity index (χ1n) is 9.03. The molecule has 0 aliphatic carbocycles. The maximum Gasteiger partial charge on any atom is 0.254 e. The average molecular weight is 386 g/mol. The van der Waals surface area contributed by atoms with Gasteiger partial charge >= 0.3 is 0 Å². The molecule has 0 spiro atoms. The van der Waals surface area contributed by atoms with Crippen molar-refractivity contribution in [1.82, 2.24) is 9.80 Å². The fourth-order valence-corrected chi connectivity index (χ4v) is 3.15. The number of nitrogens with zero attached hydrogens (tertiary/aromatic N) is 2. The molecule has 0 unspecified atom stereocenters. The van der Waals surface area contributed by atoms with E-state index in [9.17, 15) is 14.0 Å². The molecular weight excluding hydrogens is 363 g/mol. The minimum Gasteiger partial charge on any atom is -0.497 e. The number of methoxy groups -OCH3 is 2. The van der Waals surface area contributed by atoms with E-state index in [1.807, 2.05) is 4.90 Å². The van der Waals surface area contributed by atoms with Gasteiger partial charge in [-0.2, -0.15) is 0 Å². The second kappa shape index (κ2) is 8.84. The Morgan fingerprint density at radius 1 is 0.893 bits per heavy atom. The molecule has 1 saturated heterocycles. The second-order valence-corrected chi connectivity index (χ2v) is 6.60. The van der Waals surface area contributed by atoms with Gasteiger partial charge in [0.25, 0.3) is 5.91 Å². The molecule has 2 aromatic rings. The van der Waals surface area contributed by atoms with E-state index in [4.69, 9.17) is 9.47 Å². The minimum absolute atomic E-state index is 0.0580. The van der Waals surface area contributed by atoms with E-state index in [0.717, 1.165) is 0 Å². The van der Waals surface area contributed by atoms with Gasteiger partial charge in [0.2, 0.25) is 0 Å². The molecule has 0 aromatic heterocycles. The smallest absolute Gasteiger partial charge is 0.254 e. The molecule has 1 aliphatic heterocycles. The van der Waals surface area contributed by atoms with E-state index in [2.05, 4.69) is 0 Å². The van der Waals surface area contributed by atoms with Gasteiger partial charge in [-0.1, -0.05) is 0 Å². The number of carbonyl (C=O) groups excluding carboxylic acids is 2. The highest BCUT2D eigenvalue weighted by molar-refractivity contribution is 5.97. The third-order valence-electron chi connectivity index (χ3n) is 4.79. The van der Waals surface area contributed by atoms with E-state index >= 15 is 0 Å². The molecular formula is C21H23FN2O4. The van der Waals surface area contributed by atoms with Gasteiger partial charge < -0.3 is 14.4 Å².